The number of nitrogens with zero attached hydrogens (tertiary/aromatic N) is 2. The molecule has 1 fully saturated rings. The lowest BCUT2D eigenvalue weighted by Crippen LogP contribution is -2.37. The number of aromatic nitrogens is 1. The van der Waals surface area contributed by atoms with Gasteiger partial charge in [-0.05, 0) is 45.4 Å². The number of rotatable bonds is 2. The molecule has 1 saturated heterocycles. The van der Waals surface area contributed by atoms with Crippen LogP contribution in [0.4, 0.5) is 5.69 Å². The Morgan fingerprint density at radius 3 is 2.93 bits per heavy atom. The third kappa shape index (κ3) is 2.12. The van der Waals surface area contributed by atoms with E-state index in [-0.39, 0.29) is 0 Å². The zero-order chi connectivity index (χ0) is 10.9. The van der Waals surface area contributed by atoms with Gasteiger partial charge in [0.05, 0.1) is 11.4 Å². The Labute approximate surface area is 91.3 Å². The maximum Gasteiger partial charge on any atom is 0.0772 e. The molecule has 0 saturated carbocycles. The lowest BCUT2D eigenvalue weighted by atomic mass is 10.0. The van der Waals surface area contributed by atoms with E-state index in [1.807, 2.05) is 18.3 Å². The van der Waals surface area contributed by atoms with Crippen molar-refractivity contribution in [3.8, 4) is 0 Å². The second-order valence-corrected chi connectivity index (χ2v) is 4.88. The fourth-order valence-corrected chi connectivity index (χ4v) is 2.22. The molecule has 0 amide bonds. The van der Waals surface area contributed by atoms with Crippen LogP contribution in [0.3, 0.4) is 0 Å². The number of hydrogen-bond acceptors (Lipinski definition) is 3. The Morgan fingerprint density at radius 1 is 1.53 bits per heavy atom. The van der Waals surface area contributed by atoms with Gasteiger partial charge in [-0.25, -0.2) is 0 Å². The van der Waals surface area contributed by atoms with Crippen molar-refractivity contribution in [1.29, 1.82) is 0 Å². The topological polar surface area (TPSA) is 42.2 Å². The molecule has 1 aliphatic rings. The molecule has 1 aliphatic heterocycles. The largest absolute Gasteiger partial charge is 0.397 e. The molecule has 82 valence electrons. The van der Waals surface area contributed by atoms with Crippen LogP contribution in [-0.4, -0.2) is 22.0 Å². The van der Waals surface area contributed by atoms with Crippen LogP contribution >= 0.6 is 0 Å². The zero-order valence-electron chi connectivity index (χ0n) is 9.53. The van der Waals surface area contributed by atoms with Crippen LogP contribution in [-0.2, 0) is 6.54 Å². The summed E-state index contributed by atoms with van der Waals surface area (Å²) in [6.07, 6.45) is 4.36. The average molecular weight is 205 g/mol. The Kier molecular flexibility index (Phi) is 2.65. The second kappa shape index (κ2) is 3.81. The van der Waals surface area contributed by atoms with E-state index in [0.29, 0.717) is 5.54 Å². The minimum atomic E-state index is 0.296. The summed E-state index contributed by atoms with van der Waals surface area (Å²) in [4.78, 5) is 6.80. The first kappa shape index (κ1) is 10.4. The molecule has 15 heavy (non-hydrogen) atoms. The van der Waals surface area contributed by atoms with Gasteiger partial charge in [0.25, 0.3) is 0 Å². The van der Waals surface area contributed by atoms with Crippen LogP contribution in [0.1, 0.15) is 32.4 Å². The van der Waals surface area contributed by atoms with E-state index < -0.39 is 0 Å². The van der Waals surface area contributed by atoms with E-state index in [0.717, 1.165) is 24.5 Å². The van der Waals surface area contributed by atoms with Crippen LogP contribution in [0.2, 0.25) is 0 Å². The Hall–Kier alpha value is -1.09. The molecule has 0 unspecified atom stereocenters. The number of nitrogen functional groups attached to an aromatic ring is 1. The smallest absolute Gasteiger partial charge is 0.0772 e. The molecule has 2 heterocycles. The van der Waals surface area contributed by atoms with Gasteiger partial charge in [-0.15, -0.1) is 0 Å². The van der Waals surface area contributed by atoms with E-state index in [4.69, 9.17) is 5.73 Å². The Balaban J connectivity index is 2.12. The molecule has 1 aromatic heterocycles. The molecule has 3 nitrogen and oxygen atoms in total. The highest BCUT2D eigenvalue weighted by atomic mass is 15.2. The molecule has 0 aromatic carbocycles. The fraction of sp³-hybridized carbons (Fsp3) is 0.583. The molecule has 0 spiro atoms. The Bertz CT molecular complexity index is 346. The van der Waals surface area contributed by atoms with Crippen molar-refractivity contribution in [2.75, 3.05) is 12.3 Å². The highest BCUT2D eigenvalue weighted by Crippen LogP contribution is 2.30. The highest BCUT2D eigenvalue weighted by Gasteiger charge is 2.31. The van der Waals surface area contributed by atoms with Crippen LogP contribution in [0, 0.1) is 0 Å². The first-order valence-corrected chi connectivity index (χ1v) is 5.54. The standard InChI is InChI=1S/C12H19N3/c1-12(2)6-4-8-15(12)9-11-10(13)5-3-7-14-11/h3,5,7H,4,6,8-9,13H2,1-2H3. The summed E-state index contributed by atoms with van der Waals surface area (Å²) in [7, 11) is 0. The summed E-state index contributed by atoms with van der Waals surface area (Å²) in [5.74, 6) is 0. The number of nitrogens with two attached hydrogens (primary N) is 1. The van der Waals surface area contributed by atoms with Crippen molar-refractivity contribution in [3.05, 3.63) is 24.0 Å². The Morgan fingerprint density at radius 2 is 2.33 bits per heavy atom. The summed E-state index contributed by atoms with van der Waals surface area (Å²) >= 11 is 0. The van der Waals surface area contributed by atoms with Crippen molar-refractivity contribution in [3.63, 3.8) is 0 Å². The average Bonchev–Trinajstić information content (AvgIpc) is 2.50. The quantitative estimate of drug-likeness (QED) is 0.803. The van der Waals surface area contributed by atoms with Gasteiger partial charge < -0.3 is 5.73 Å². The van der Waals surface area contributed by atoms with Crippen LogP contribution in [0.25, 0.3) is 0 Å². The number of pyridine rings is 1. The van der Waals surface area contributed by atoms with Gasteiger partial charge in [0, 0.05) is 18.3 Å². The van der Waals surface area contributed by atoms with E-state index in [1.165, 1.54) is 12.8 Å². The summed E-state index contributed by atoms with van der Waals surface area (Å²) in [6, 6.07) is 3.80. The van der Waals surface area contributed by atoms with E-state index in [1.54, 1.807) is 0 Å². The monoisotopic (exact) mass is 205 g/mol. The summed E-state index contributed by atoms with van der Waals surface area (Å²) < 4.78 is 0. The number of likely N-dealkylation sites (tertiary alicyclic amines) is 1. The van der Waals surface area contributed by atoms with E-state index in [9.17, 15) is 0 Å². The van der Waals surface area contributed by atoms with Crippen LogP contribution < -0.4 is 5.73 Å². The van der Waals surface area contributed by atoms with Crippen molar-refractivity contribution in [2.24, 2.45) is 0 Å². The minimum Gasteiger partial charge on any atom is -0.397 e. The minimum absolute atomic E-state index is 0.296. The van der Waals surface area contributed by atoms with Gasteiger partial charge in [0.2, 0.25) is 0 Å². The van der Waals surface area contributed by atoms with E-state index >= 15 is 0 Å². The lowest BCUT2D eigenvalue weighted by Gasteiger charge is -2.31. The summed E-state index contributed by atoms with van der Waals surface area (Å²) in [5, 5.41) is 0. The van der Waals surface area contributed by atoms with Gasteiger partial charge in [-0.1, -0.05) is 0 Å². The molecular weight excluding hydrogens is 186 g/mol. The predicted molar refractivity (Wildman–Crippen MR) is 62.4 cm³/mol. The third-order valence-electron chi connectivity index (χ3n) is 3.34. The lowest BCUT2D eigenvalue weighted by molar-refractivity contribution is 0.165. The number of anilines is 1. The summed E-state index contributed by atoms with van der Waals surface area (Å²) in [6.45, 7) is 6.61. The maximum absolute atomic E-state index is 5.90. The maximum atomic E-state index is 5.90. The van der Waals surface area contributed by atoms with Crippen LogP contribution in [0.15, 0.2) is 18.3 Å². The zero-order valence-corrected chi connectivity index (χ0v) is 9.53. The van der Waals surface area contributed by atoms with Gasteiger partial charge in [-0.2, -0.15) is 0 Å². The molecule has 2 N–H and O–H groups in total. The molecule has 3 heteroatoms. The molecule has 1 aromatic rings. The van der Waals surface area contributed by atoms with Crippen molar-refractivity contribution >= 4 is 5.69 Å². The fourth-order valence-electron chi connectivity index (χ4n) is 2.22. The van der Waals surface area contributed by atoms with Gasteiger partial charge in [0.1, 0.15) is 0 Å². The van der Waals surface area contributed by atoms with Crippen molar-refractivity contribution in [1.82, 2.24) is 9.88 Å². The first-order valence-electron chi connectivity index (χ1n) is 5.54. The second-order valence-electron chi connectivity index (χ2n) is 4.88. The SMILES string of the molecule is CC1(C)CCCN1Cc1ncccc1N. The highest BCUT2D eigenvalue weighted by molar-refractivity contribution is 5.41. The molecule has 0 radical (unpaired) electrons. The first-order chi connectivity index (χ1) is 7.09. The number of hydrogen-bond donors (Lipinski definition) is 1. The third-order valence-corrected chi connectivity index (χ3v) is 3.34. The van der Waals surface area contributed by atoms with Crippen molar-refractivity contribution < 1.29 is 0 Å². The molecule has 0 aliphatic carbocycles. The molecule has 0 atom stereocenters. The van der Waals surface area contributed by atoms with Gasteiger partial charge >= 0.3 is 0 Å². The molecule has 0 bridgehead atoms. The predicted octanol–water partition coefficient (Wildman–Crippen LogP) is 2.04. The summed E-state index contributed by atoms with van der Waals surface area (Å²) in [5.41, 5.74) is 8.01. The molecule has 2 rings (SSSR count). The van der Waals surface area contributed by atoms with Crippen molar-refractivity contribution in [2.45, 2.75) is 38.8 Å². The van der Waals surface area contributed by atoms with Gasteiger partial charge in [-0.3, -0.25) is 9.88 Å². The molecular formula is C12H19N3. The van der Waals surface area contributed by atoms with E-state index in [2.05, 4.69) is 23.7 Å². The normalized spacial score (nSPS) is 20.7. The van der Waals surface area contributed by atoms with Gasteiger partial charge in [0.15, 0.2) is 0 Å². The van der Waals surface area contributed by atoms with Crippen LogP contribution in [0.5, 0.6) is 0 Å².